The SMILES string of the molecule is Cc1ccnc2c1OCCC2. The maximum atomic E-state index is 5.49. The van der Waals surface area contributed by atoms with Crippen molar-refractivity contribution >= 4 is 0 Å². The molecule has 0 radical (unpaired) electrons. The minimum atomic E-state index is 0.847. The van der Waals surface area contributed by atoms with Crippen molar-refractivity contribution in [3.05, 3.63) is 23.5 Å². The molecule has 0 aliphatic carbocycles. The Labute approximate surface area is 66.2 Å². The van der Waals surface area contributed by atoms with E-state index in [1.807, 2.05) is 12.3 Å². The van der Waals surface area contributed by atoms with E-state index >= 15 is 0 Å². The molecular weight excluding hydrogens is 138 g/mol. The number of rotatable bonds is 0. The van der Waals surface area contributed by atoms with E-state index in [0.29, 0.717) is 0 Å². The molecule has 0 spiro atoms. The minimum absolute atomic E-state index is 0.847. The highest BCUT2D eigenvalue weighted by Crippen LogP contribution is 2.25. The molecule has 0 unspecified atom stereocenters. The van der Waals surface area contributed by atoms with Crippen molar-refractivity contribution in [1.82, 2.24) is 4.98 Å². The lowest BCUT2D eigenvalue weighted by Gasteiger charge is -2.17. The van der Waals surface area contributed by atoms with E-state index in [1.54, 1.807) is 0 Å². The largest absolute Gasteiger partial charge is 0.491 e. The summed E-state index contributed by atoms with van der Waals surface area (Å²) in [7, 11) is 0. The zero-order valence-electron chi connectivity index (χ0n) is 6.63. The van der Waals surface area contributed by atoms with Crippen LogP contribution in [0.2, 0.25) is 0 Å². The van der Waals surface area contributed by atoms with Crippen molar-refractivity contribution in [2.45, 2.75) is 19.8 Å². The van der Waals surface area contributed by atoms with Gasteiger partial charge in [-0.15, -0.1) is 0 Å². The second-order valence-electron chi connectivity index (χ2n) is 2.86. The summed E-state index contributed by atoms with van der Waals surface area (Å²) in [5.41, 5.74) is 2.32. The molecule has 0 N–H and O–H groups in total. The summed E-state index contributed by atoms with van der Waals surface area (Å²) in [4.78, 5) is 4.26. The predicted octanol–water partition coefficient (Wildman–Crippen LogP) is 1.72. The van der Waals surface area contributed by atoms with E-state index in [0.717, 1.165) is 30.9 Å². The molecule has 58 valence electrons. The van der Waals surface area contributed by atoms with Crippen LogP contribution in [0.25, 0.3) is 0 Å². The number of hydrogen-bond donors (Lipinski definition) is 0. The van der Waals surface area contributed by atoms with Crippen LogP contribution < -0.4 is 4.74 Å². The van der Waals surface area contributed by atoms with Crippen molar-refractivity contribution in [3.63, 3.8) is 0 Å². The summed E-state index contributed by atoms with van der Waals surface area (Å²) in [6, 6.07) is 1.99. The third-order valence-electron chi connectivity index (χ3n) is 1.98. The van der Waals surface area contributed by atoms with Gasteiger partial charge >= 0.3 is 0 Å². The summed E-state index contributed by atoms with van der Waals surface area (Å²) in [6.45, 7) is 2.91. The smallest absolute Gasteiger partial charge is 0.143 e. The highest BCUT2D eigenvalue weighted by Gasteiger charge is 2.12. The van der Waals surface area contributed by atoms with E-state index in [9.17, 15) is 0 Å². The number of nitrogens with zero attached hydrogens (tertiary/aromatic N) is 1. The van der Waals surface area contributed by atoms with E-state index < -0.39 is 0 Å². The molecule has 1 aromatic rings. The number of aromatic nitrogens is 1. The number of fused-ring (bicyclic) bond motifs is 1. The number of ether oxygens (including phenoxy) is 1. The van der Waals surface area contributed by atoms with Crippen LogP contribution in [0, 0.1) is 6.92 Å². The average molecular weight is 149 g/mol. The molecule has 11 heavy (non-hydrogen) atoms. The molecule has 0 atom stereocenters. The molecule has 0 aromatic carbocycles. The standard InChI is InChI=1S/C9H11NO/c1-7-4-5-10-8-3-2-6-11-9(7)8/h4-5H,2-3,6H2,1H3. The van der Waals surface area contributed by atoms with E-state index in [2.05, 4.69) is 11.9 Å². The van der Waals surface area contributed by atoms with Crippen LogP contribution >= 0.6 is 0 Å². The molecule has 2 nitrogen and oxygen atoms in total. The van der Waals surface area contributed by atoms with Crippen LogP contribution in [-0.4, -0.2) is 11.6 Å². The van der Waals surface area contributed by atoms with E-state index in [-0.39, 0.29) is 0 Å². The van der Waals surface area contributed by atoms with E-state index in [4.69, 9.17) is 4.74 Å². The molecule has 1 aromatic heterocycles. The summed E-state index contributed by atoms with van der Waals surface area (Å²) >= 11 is 0. The number of hydrogen-bond acceptors (Lipinski definition) is 2. The Balaban J connectivity index is 2.49. The quantitative estimate of drug-likeness (QED) is 0.560. The van der Waals surface area contributed by atoms with Gasteiger partial charge in [0.15, 0.2) is 0 Å². The van der Waals surface area contributed by atoms with Crippen LogP contribution in [0.4, 0.5) is 0 Å². The van der Waals surface area contributed by atoms with Gasteiger partial charge in [0, 0.05) is 6.20 Å². The Hall–Kier alpha value is -1.05. The second-order valence-corrected chi connectivity index (χ2v) is 2.86. The first-order valence-corrected chi connectivity index (χ1v) is 3.95. The van der Waals surface area contributed by atoms with Gasteiger partial charge in [0.1, 0.15) is 5.75 Å². The molecule has 2 heterocycles. The first-order valence-electron chi connectivity index (χ1n) is 3.95. The van der Waals surface area contributed by atoms with Crippen LogP contribution in [0.3, 0.4) is 0 Å². The first kappa shape index (κ1) is 6.65. The Morgan fingerprint density at radius 3 is 3.27 bits per heavy atom. The maximum absolute atomic E-state index is 5.49. The third-order valence-corrected chi connectivity index (χ3v) is 1.98. The molecule has 2 rings (SSSR count). The average Bonchev–Trinajstić information content (AvgIpc) is 2.06. The fourth-order valence-electron chi connectivity index (χ4n) is 1.39. The highest BCUT2D eigenvalue weighted by molar-refractivity contribution is 5.36. The van der Waals surface area contributed by atoms with Crippen molar-refractivity contribution in [2.75, 3.05) is 6.61 Å². The van der Waals surface area contributed by atoms with Gasteiger partial charge in [-0.05, 0) is 31.4 Å². The van der Waals surface area contributed by atoms with Crippen molar-refractivity contribution in [1.29, 1.82) is 0 Å². The summed E-state index contributed by atoms with van der Waals surface area (Å²) in [6.07, 6.45) is 4.02. The zero-order chi connectivity index (χ0) is 7.68. The van der Waals surface area contributed by atoms with E-state index in [1.165, 1.54) is 5.56 Å². The Morgan fingerprint density at radius 2 is 2.45 bits per heavy atom. The molecule has 0 bridgehead atoms. The molecule has 0 saturated heterocycles. The van der Waals surface area contributed by atoms with Crippen LogP contribution in [0.5, 0.6) is 5.75 Å². The molecular formula is C9H11NO. The molecule has 2 heteroatoms. The zero-order valence-corrected chi connectivity index (χ0v) is 6.63. The van der Waals surface area contributed by atoms with Gasteiger partial charge in [0.05, 0.1) is 12.3 Å². The normalized spacial score (nSPS) is 15.4. The number of pyridine rings is 1. The Bertz CT molecular complexity index is 270. The Morgan fingerprint density at radius 1 is 1.55 bits per heavy atom. The summed E-state index contributed by atoms with van der Waals surface area (Å²) in [5.74, 6) is 1.01. The summed E-state index contributed by atoms with van der Waals surface area (Å²) in [5, 5.41) is 0. The van der Waals surface area contributed by atoms with Crippen molar-refractivity contribution in [3.8, 4) is 5.75 Å². The molecule has 1 aliphatic heterocycles. The lowest BCUT2D eigenvalue weighted by molar-refractivity contribution is 0.283. The molecule has 1 aliphatic rings. The van der Waals surface area contributed by atoms with Gasteiger partial charge in [-0.2, -0.15) is 0 Å². The minimum Gasteiger partial charge on any atom is -0.491 e. The van der Waals surface area contributed by atoms with Crippen LogP contribution in [0.15, 0.2) is 12.3 Å². The lowest BCUT2D eigenvalue weighted by Crippen LogP contribution is -2.10. The predicted molar refractivity (Wildman–Crippen MR) is 42.8 cm³/mol. The maximum Gasteiger partial charge on any atom is 0.143 e. The van der Waals surface area contributed by atoms with Gasteiger partial charge in [-0.1, -0.05) is 0 Å². The first-order chi connectivity index (χ1) is 5.38. The fourth-order valence-corrected chi connectivity index (χ4v) is 1.39. The van der Waals surface area contributed by atoms with Crippen molar-refractivity contribution < 1.29 is 4.74 Å². The molecule has 0 saturated carbocycles. The highest BCUT2D eigenvalue weighted by atomic mass is 16.5. The van der Waals surface area contributed by atoms with Gasteiger partial charge in [-0.3, -0.25) is 4.98 Å². The van der Waals surface area contributed by atoms with Crippen molar-refractivity contribution in [2.24, 2.45) is 0 Å². The number of aryl methyl sites for hydroxylation is 2. The van der Waals surface area contributed by atoms with Gasteiger partial charge < -0.3 is 4.74 Å². The molecule has 0 fully saturated rings. The lowest BCUT2D eigenvalue weighted by atomic mass is 10.1. The topological polar surface area (TPSA) is 22.1 Å². The third kappa shape index (κ3) is 1.09. The molecule has 0 amide bonds. The summed E-state index contributed by atoms with van der Waals surface area (Å²) < 4.78 is 5.49. The monoisotopic (exact) mass is 149 g/mol. The van der Waals surface area contributed by atoms with Crippen LogP contribution in [-0.2, 0) is 6.42 Å². The van der Waals surface area contributed by atoms with Crippen LogP contribution in [0.1, 0.15) is 17.7 Å². The second kappa shape index (κ2) is 2.53. The Kier molecular flexibility index (Phi) is 1.53. The fraction of sp³-hybridized carbons (Fsp3) is 0.444. The van der Waals surface area contributed by atoms with Gasteiger partial charge in [-0.25, -0.2) is 0 Å². The van der Waals surface area contributed by atoms with Gasteiger partial charge in [0.2, 0.25) is 0 Å². The van der Waals surface area contributed by atoms with Gasteiger partial charge in [0.25, 0.3) is 0 Å².